The molecule has 0 atom stereocenters. The molecule has 154 valence electrons. The Bertz CT molecular complexity index is 999. The highest BCUT2D eigenvalue weighted by atomic mass is 32.1. The van der Waals surface area contributed by atoms with Gasteiger partial charge < -0.3 is 19.1 Å². The number of hydrogen-bond donors (Lipinski definition) is 1. The van der Waals surface area contributed by atoms with E-state index in [1.807, 2.05) is 0 Å². The molecule has 1 fully saturated rings. The Hall–Kier alpha value is -2.83. The number of ether oxygens (including phenoxy) is 3. The fourth-order valence-corrected chi connectivity index (χ4v) is 3.96. The third-order valence-electron chi connectivity index (χ3n) is 4.43. The van der Waals surface area contributed by atoms with Crippen LogP contribution in [-0.2, 0) is 16.0 Å². The van der Waals surface area contributed by atoms with Gasteiger partial charge in [0.1, 0.15) is 5.52 Å². The van der Waals surface area contributed by atoms with Gasteiger partial charge in [-0.2, -0.15) is 0 Å². The topological polar surface area (TPSA) is 117 Å². The molecule has 1 N–H and O–H groups in total. The molecule has 1 amide bonds. The van der Waals surface area contributed by atoms with Crippen LogP contribution < -0.4 is 15.0 Å². The number of methoxy groups -OCH3 is 2. The summed E-state index contributed by atoms with van der Waals surface area (Å²) >= 11 is 1.37. The molecule has 1 saturated heterocycles. The van der Waals surface area contributed by atoms with Crippen LogP contribution in [0.3, 0.4) is 0 Å². The fourth-order valence-electron chi connectivity index (χ4n) is 2.97. The van der Waals surface area contributed by atoms with Crippen LogP contribution in [0.1, 0.15) is 10.5 Å². The van der Waals surface area contributed by atoms with Gasteiger partial charge in [0.2, 0.25) is 5.88 Å². The summed E-state index contributed by atoms with van der Waals surface area (Å²) in [6.07, 6.45) is 3.35. The fraction of sp³-hybridized carbons (Fsp3) is 0.471. The number of morpholine rings is 1. The Morgan fingerprint density at radius 1 is 1.34 bits per heavy atom. The molecule has 1 aliphatic heterocycles. The van der Waals surface area contributed by atoms with Gasteiger partial charge in [0, 0.05) is 20.2 Å². The van der Waals surface area contributed by atoms with Gasteiger partial charge in [-0.1, -0.05) is 16.6 Å². The monoisotopic (exact) mass is 419 g/mol. The number of nitrogens with zero attached hydrogens (tertiary/aromatic N) is 6. The molecule has 0 aliphatic carbocycles. The molecule has 3 aromatic heterocycles. The Morgan fingerprint density at radius 2 is 2.17 bits per heavy atom. The number of amides is 1. The molecule has 0 radical (unpaired) electrons. The zero-order valence-electron chi connectivity index (χ0n) is 16.1. The Balaban J connectivity index is 1.59. The van der Waals surface area contributed by atoms with E-state index >= 15 is 0 Å². The molecule has 0 aromatic carbocycles. The maximum atomic E-state index is 12.6. The smallest absolute Gasteiger partial charge is 0.279 e. The zero-order valence-corrected chi connectivity index (χ0v) is 16.9. The summed E-state index contributed by atoms with van der Waals surface area (Å²) in [5.41, 5.74) is 1.77. The number of pyridine rings is 1. The standard InChI is InChI=1S/C17H21N7O4S/c1-26-6-5-24-10-11(21-22-24)15(25)20-17-19-13-14(29-17)12(9-18-16(13)27-2)23-3-7-28-8-4-23/h9-10H,3-8H2,1-2H3,(H,19,20,25). The highest BCUT2D eigenvalue weighted by molar-refractivity contribution is 7.23. The number of fused-ring (bicyclic) bond motifs is 1. The first kappa shape index (κ1) is 19.5. The van der Waals surface area contributed by atoms with Gasteiger partial charge in [0.05, 0.1) is 56.3 Å². The SMILES string of the molecule is COCCn1cc(C(=O)Nc2nc3c(OC)ncc(N4CCOCC4)c3s2)nn1. The van der Waals surface area contributed by atoms with Crippen LogP contribution in [0.2, 0.25) is 0 Å². The molecule has 4 rings (SSSR count). The van der Waals surface area contributed by atoms with Crippen molar-refractivity contribution in [1.29, 1.82) is 0 Å². The molecule has 0 unspecified atom stereocenters. The van der Waals surface area contributed by atoms with Crippen LogP contribution in [0, 0.1) is 0 Å². The summed E-state index contributed by atoms with van der Waals surface area (Å²) in [4.78, 5) is 23.7. The normalized spacial score (nSPS) is 14.3. The lowest BCUT2D eigenvalue weighted by atomic mass is 10.3. The van der Waals surface area contributed by atoms with Crippen molar-refractivity contribution in [1.82, 2.24) is 25.0 Å². The summed E-state index contributed by atoms with van der Waals surface area (Å²) < 4.78 is 18.2. The predicted octanol–water partition coefficient (Wildman–Crippen LogP) is 1.03. The minimum absolute atomic E-state index is 0.207. The van der Waals surface area contributed by atoms with E-state index < -0.39 is 0 Å². The number of thiazole rings is 1. The average molecular weight is 419 g/mol. The Labute approximate surface area is 170 Å². The number of nitrogens with one attached hydrogen (secondary N) is 1. The number of anilines is 2. The number of hydrogen-bond acceptors (Lipinski definition) is 10. The molecule has 1 aliphatic rings. The van der Waals surface area contributed by atoms with Crippen LogP contribution in [0.4, 0.5) is 10.8 Å². The largest absolute Gasteiger partial charge is 0.479 e. The second-order valence-electron chi connectivity index (χ2n) is 6.26. The van der Waals surface area contributed by atoms with Crippen LogP contribution in [0.5, 0.6) is 5.88 Å². The van der Waals surface area contributed by atoms with E-state index in [-0.39, 0.29) is 11.6 Å². The Kier molecular flexibility index (Phi) is 5.83. The summed E-state index contributed by atoms with van der Waals surface area (Å²) in [5.74, 6) is 0.0341. The van der Waals surface area contributed by atoms with E-state index in [2.05, 4.69) is 30.5 Å². The number of aromatic nitrogens is 5. The van der Waals surface area contributed by atoms with Crippen molar-refractivity contribution < 1.29 is 19.0 Å². The lowest BCUT2D eigenvalue weighted by Crippen LogP contribution is -2.36. The van der Waals surface area contributed by atoms with Gasteiger partial charge in [-0.25, -0.2) is 14.6 Å². The van der Waals surface area contributed by atoms with Crippen LogP contribution >= 0.6 is 11.3 Å². The number of carbonyl (C=O) groups excluding carboxylic acids is 1. The van der Waals surface area contributed by atoms with Crippen molar-refractivity contribution in [2.24, 2.45) is 0 Å². The van der Waals surface area contributed by atoms with E-state index in [0.29, 0.717) is 42.9 Å². The minimum Gasteiger partial charge on any atom is -0.479 e. The van der Waals surface area contributed by atoms with Gasteiger partial charge in [0.15, 0.2) is 10.8 Å². The third kappa shape index (κ3) is 4.13. The lowest BCUT2D eigenvalue weighted by Gasteiger charge is -2.28. The maximum Gasteiger partial charge on any atom is 0.279 e. The van der Waals surface area contributed by atoms with Crippen molar-refractivity contribution in [2.45, 2.75) is 6.54 Å². The highest BCUT2D eigenvalue weighted by Gasteiger charge is 2.21. The number of rotatable bonds is 7. The van der Waals surface area contributed by atoms with Gasteiger partial charge in [-0.3, -0.25) is 10.1 Å². The van der Waals surface area contributed by atoms with Crippen molar-refractivity contribution in [2.75, 3.05) is 57.3 Å². The molecule has 3 aromatic rings. The summed E-state index contributed by atoms with van der Waals surface area (Å²) in [7, 11) is 3.15. The molecule has 29 heavy (non-hydrogen) atoms. The average Bonchev–Trinajstić information content (AvgIpc) is 3.39. The van der Waals surface area contributed by atoms with E-state index in [0.717, 1.165) is 23.5 Å². The summed E-state index contributed by atoms with van der Waals surface area (Å²) in [6, 6.07) is 0. The van der Waals surface area contributed by atoms with Crippen molar-refractivity contribution in [3.8, 4) is 5.88 Å². The van der Waals surface area contributed by atoms with Gasteiger partial charge >= 0.3 is 0 Å². The molecular formula is C17H21N7O4S. The molecule has 0 bridgehead atoms. The summed E-state index contributed by atoms with van der Waals surface area (Å²) in [6.45, 7) is 3.87. The first-order valence-corrected chi connectivity index (χ1v) is 9.88. The second kappa shape index (κ2) is 8.68. The molecule has 4 heterocycles. The van der Waals surface area contributed by atoms with Crippen molar-refractivity contribution in [3.63, 3.8) is 0 Å². The molecular weight excluding hydrogens is 398 g/mol. The molecule has 12 heteroatoms. The van der Waals surface area contributed by atoms with Gasteiger partial charge in [0.25, 0.3) is 5.91 Å². The molecule has 11 nitrogen and oxygen atoms in total. The van der Waals surface area contributed by atoms with Gasteiger partial charge in [-0.05, 0) is 0 Å². The van der Waals surface area contributed by atoms with Crippen LogP contribution in [0.25, 0.3) is 10.2 Å². The Morgan fingerprint density at radius 3 is 2.93 bits per heavy atom. The highest BCUT2D eigenvalue weighted by Crippen LogP contribution is 2.38. The third-order valence-corrected chi connectivity index (χ3v) is 5.42. The van der Waals surface area contributed by atoms with E-state index in [9.17, 15) is 4.79 Å². The van der Waals surface area contributed by atoms with E-state index in [1.54, 1.807) is 31.3 Å². The minimum atomic E-state index is -0.382. The predicted molar refractivity (Wildman–Crippen MR) is 107 cm³/mol. The first-order valence-electron chi connectivity index (χ1n) is 9.06. The van der Waals surface area contributed by atoms with E-state index in [1.165, 1.54) is 11.3 Å². The van der Waals surface area contributed by atoms with Crippen molar-refractivity contribution in [3.05, 3.63) is 18.1 Å². The van der Waals surface area contributed by atoms with Gasteiger partial charge in [-0.15, -0.1) is 5.10 Å². The summed E-state index contributed by atoms with van der Waals surface area (Å²) in [5, 5.41) is 11.1. The second-order valence-corrected chi connectivity index (χ2v) is 7.26. The quantitative estimate of drug-likeness (QED) is 0.599. The van der Waals surface area contributed by atoms with Crippen molar-refractivity contribution >= 4 is 38.3 Å². The zero-order chi connectivity index (χ0) is 20.2. The van der Waals surface area contributed by atoms with E-state index in [4.69, 9.17) is 14.2 Å². The lowest BCUT2D eigenvalue weighted by molar-refractivity contribution is 0.102. The molecule has 0 spiro atoms. The van der Waals surface area contributed by atoms with Crippen LogP contribution in [-0.4, -0.2) is 78.0 Å². The number of carbonyl (C=O) groups is 1. The first-order chi connectivity index (χ1) is 14.2. The van der Waals surface area contributed by atoms with Crippen LogP contribution in [0.15, 0.2) is 12.4 Å². The maximum absolute atomic E-state index is 12.6. The molecule has 0 saturated carbocycles.